The van der Waals surface area contributed by atoms with Crippen molar-refractivity contribution in [1.82, 2.24) is 9.38 Å². The highest BCUT2D eigenvalue weighted by molar-refractivity contribution is 6.30. The zero-order chi connectivity index (χ0) is 11.7. The number of rotatable bonds is 3. The van der Waals surface area contributed by atoms with E-state index in [0.29, 0.717) is 17.3 Å². The monoisotopic (exact) mass is 239 g/mol. The highest BCUT2D eigenvalue weighted by Gasteiger charge is 2.17. The maximum absolute atomic E-state index is 8.86. The van der Waals surface area contributed by atoms with Gasteiger partial charge in [-0.15, -0.1) is 0 Å². The van der Waals surface area contributed by atoms with Gasteiger partial charge in [0.05, 0.1) is 11.7 Å². The first kappa shape index (κ1) is 11.4. The van der Waals surface area contributed by atoms with Crippen molar-refractivity contribution in [3.05, 3.63) is 34.7 Å². The van der Waals surface area contributed by atoms with E-state index in [-0.39, 0.29) is 12.6 Å². The highest BCUT2D eigenvalue weighted by atomic mass is 35.5. The van der Waals surface area contributed by atoms with Crippen LogP contribution in [0.4, 0.5) is 0 Å². The zero-order valence-corrected chi connectivity index (χ0v) is 9.78. The molecule has 1 atom stereocenters. The second kappa shape index (κ2) is 4.41. The minimum absolute atomic E-state index is 0.0321. The SMILES string of the molecule is Cc1cccn2c(Cl)c(C(N)CCO)nc12. The average Bonchev–Trinajstić information content (AvgIpc) is 2.59. The Kier molecular flexibility index (Phi) is 3.14. The number of aliphatic hydroxyl groups excluding tert-OH is 1. The number of aromatic nitrogens is 2. The molecule has 16 heavy (non-hydrogen) atoms. The van der Waals surface area contributed by atoms with Crippen molar-refractivity contribution in [1.29, 1.82) is 0 Å². The summed E-state index contributed by atoms with van der Waals surface area (Å²) in [5.74, 6) is 0. The molecule has 0 spiro atoms. The number of pyridine rings is 1. The van der Waals surface area contributed by atoms with Crippen LogP contribution in [0.5, 0.6) is 0 Å². The van der Waals surface area contributed by atoms with Crippen LogP contribution in [0.3, 0.4) is 0 Å². The van der Waals surface area contributed by atoms with E-state index in [4.69, 9.17) is 22.4 Å². The number of hydrogen-bond donors (Lipinski definition) is 2. The van der Waals surface area contributed by atoms with Gasteiger partial charge >= 0.3 is 0 Å². The molecule has 0 saturated carbocycles. The molecule has 3 N–H and O–H groups in total. The summed E-state index contributed by atoms with van der Waals surface area (Å²) in [7, 11) is 0. The van der Waals surface area contributed by atoms with E-state index in [2.05, 4.69) is 4.98 Å². The van der Waals surface area contributed by atoms with E-state index in [9.17, 15) is 0 Å². The molecule has 2 aromatic heterocycles. The van der Waals surface area contributed by atoms with Crippen LogP contribution >= 0.6 is 11.6 Å². The van der Waals surface area contributed by atoms with Crippen LogP contribution < -0.4 is 5.73 Å². The summed E-state index contributed by atoms with van der Waals surface area (Å²) in [5.41, 5.74) is 8.41. The molecule has 0 amide bonds. The Morgan fingerprint density at radius 3 is 3.00 bits per heavy atom. The van der Waals surface area contributed by atoms with E-state index in [1.54, 1.807) is 0 Å². The fourth-order valence-corrected chi connectivity index (χ4v) is 2.02. The highest BCUT2D eigenvalue weighted by Crippen LogP contribution is 2.25. The Labute approximate surface area is 98.7 Å². The molecule has 0 saturated heterocycles. The minimum Gasteiger partial charge on any atom is -0.396 e. The fourth-order valence-electron chi connectivity index (χ4n) is 1.70. The third-order valence-electron chi connectivity index (χ3n) is 2.60. The number of halogens is 1. The number of aliphatic hydroxyl groups is 1. The van der Waals surface area contributed by atoms with Gasteiger partial charge in [0.25, 0.3) is 0 Å². The van der Waals surface area contributed by atoms with Crippen molar-refractivity contribution in [2.75, 3.05) is 6.61 Å². The van der Waals surface area contributed by atoms with Crippen LogP contribution in [0.1, 0.15) is 23.7 Å². The molecule has 5 heteroatoms. The third-order valence-corrected chi connectivity index (χ3v) is 2.98. The predicted octanol–water partition coefficient (Wildman–Crippen LogP) is 1.68. The first-order valence-corrected chi connectivity index (χ1v) is 5.52. The fraction of sp³-hybridized carbons (Fsp3) is 0.364. The molecule has 0 radical (unpaired) electrons. The van der Waals surface area contributed by atoms with Gasteiger partial charge in [0, 0.05) is 12.8 Å². The van der Waals surface area contributed by atoms with Crippen LogP contribution in [0.25, 0.3) is 5.65 Å². The molecule has 0 fully saturated rings. The molecule has 0 aromatic carbocycles. The summed E-state index contributed by atoms with van der Waals surface area (Å²) in [6, 6.07) is 3.56. The lowest BCUT2D eigenvalue weighted by Gasteiger charge is -2.06. The average molecular weight is 240 g/mol. The van der Waals surface area contributed by atoms with E-state index in [0.717, 1.165) is 11.2 Å². The zero-order valence-electron chi connectivity index (χ0n) is 9.02. The van der Waals surface area contributed by atoms with Crippen LogP contribution in [0, 0.1) is 6.92 Å². The number of imidazole rings is 1. The Morgan fingerprint density at radius 1 is 1.62 bits per heavy atom. The van der Waals surface area contributed by atoms with Gasteiger partial charge in [-0.25, -0.2) is 4.98 Å². The number of fused-ring (bicyclic) bond motifs is 1. The van der Waals surface area contributed by atoms with Gasteiger partial charge in [-0.05, 0) is 25.0 Å². The van der Waals surface area contributed by atoms with Crippen LogP contribution in [0.2, 0.25) is 5.15 Å². The smallest absolute Gasteiger partial charge is 0.141 e. The predicted molar refractivity (Wildman–Crippen MR) is 63.6 cm³/mol. The van der Waals surface area contributed by atoms with Gasteiger partial charge in [0.2, 0.25) is 0 Å². The standard InChI is InChI=1S/C11H14ClN3O/c1-7-3-2-5-15-10(12)9(14-11(7)15)8(13)4-6-16/h2-3,5,8,16H,4,6,13H2,1H3. The maximum atomic E-state index is 8.86. The molecule has 0 aliphatic rings. The molecule has 1 unspecified atom stereocenters. The van der Waals surface area contributed by atoms with Crippen LogP contribution in [-0.2, 0) is 0 Å². The number of nitrogens with zero attached hydrogens (tertiary/aromatic N) is 2. The Morgan fingerprint density at radius 2 is 2.38 bits per heavy atom. The van der Waals surface area contributed by atoms with Gasteiger partial charge in [-0.2, -0.15) is 0 Å². The van der Waals surface area contributed by atoms with E-state index in [1.807, 2.05) is 29.7 Å². The van der Waals surface area contributed by atoms with Gasteiger partial charge in [-0.3, -0.25) is 4.40 Å². The van der Waals surface area contributed by atoms with Gasteiger partial charge in [0.15, 0.2) is 0 Å². The Bertz CT molecular complexity index is 509. The lowest BCUT2D eigenvalue weighted by atomic mass is 10.2. The van der Waals surface area contributed by atoms with Crippen molar-refractivity contribution >= 4 is 17.2 Å². The van der Waals surface area contributed by atoms with Crippen LogP contribution in [-0.4, -0.2) is 21.1 Å². The lowest BCUT2D eigenvalue weighted by molar-refractivity contribution is 0.276. The molecule has 2 heterocycles. The van der Waals surface area contributed by atoms with Crippen molar-refractivity contribution in [2.24, 2.45) is 5.73 Å². The van der Waals surface area contributed by atoms with Crippen molar-refractivity contribution in [3.8, 4) is 0 Å². The molecular formula is C11H14ClN3O. The molecule has 0 bridgehead atoms. The van der Waals surface area contributed by atoms with Crippen molar-refractivity contribution in [3.63, 3.8) is 0 Å². The number of hydrogen-bond acceptors (Lipinski definition) is 3. The summed E-state index contributed by atoms with van der Waals surface area (Å²) in [6.07, 6.45) is 2.31. The topological polar surface area (TPSA) is 63.5 Å². The number of nitrogens with two attached hydrogens (primary N) is 1. The van der Waals surface area contributed by atoms with Gasteiger partial charge in [0.1, 0.15) is 10.8 Å². The van der Waals surface area contributed by atoms with E-state index >= 15 is 0 Å². The van der Waals surface area contributed by atoms with E-state index in [1.165, 1.54) is 0 Å². The third kappa shape index (κ3) is 1.80. The summed E-state index contributed by atoms with van der Waals surface area (Å²) in [5, 5.41) is 9.39. The maximum Gasteiger partial charge on any atom is 0.141 e. The molecule has 2 aromatic rings. The molecule has 2 rings (SSSR count). The molecular weight excluding hydrogens is 226 g/mol. The lowest BCUT2D eigenvalue weighted by Crippen LogP contribution is -2.12. The number of aryl methyl sites for hydroxylation is 1. The second-order valence-electron chi connectivity index (χ2n) is 3.79. The summed E-state index contributed by atoms with van der Waals surface area (Å²) in [6.45, 7) is 2.00. The first-order valence-electron chi connectivity index (χ1n) is 5.14. The van der Waals surface area contributed by atoms with E-state index < -0.39 is 0 Å². The second-order valence-corrected chi connectivity index (χ2v) is 4.15. The van der Waals surface area contributed by atoms with Gasteiger partial charge < -0.3 is 10.8 Å². The van der Waals surface area contributed by atoms with Gasteiger partial charge in [-0.1, -0.05) is 17.7 Å². The molecule has 0 aliphatic heterocycles. The minimum atomic E-state index is -0.322. The first-order chi connectivity index (χ1) is 7.65. The molecule has 4 nitrogen and oxygen atoms in total. The summed E-state index contributed by atoms with van der Waals surface area (Å²) in [4.78, 5) is 4.43. The van der Waals surface area contributed by atoms with Crippen molar-refractivity contribution in [2.45, 2.75) is 19.4 Å². The Balaban J connectivity index is 2.55. The normalized spacial score (nSPS) is 13.2. The van der Waals surface area contributed by atoms with Crippen molar-refractivity contribution < 1.29 is 5.11 Å². The molecule has 0 aliphatic carbocycles. The summed E-state index contributed by atoms with van der Waals surface area (Å²) >= 11 is 6.20. The quantitative estimate of drug-likeness (QED) is 0.857. The van der Waals surface area contributed by atoms with Crippen LogP contribution in [0.15, 0.2) is 18.3 Å². The Hall–Kier alpha value is -1.10. The molecule has 86 valence electrons. The largest absolute Gasteiger partial charge is 0.396 e. The summed E-state index contributed by atoms with van der Waals surface area (Å²) < 4.78 is 1.81.